The van der Waals surface area contributed by atoms with Gasteiger partial charge in [-0.25, -0.2) is 0 Å². The molecule has 1 heterocycles. The van der Waals surface area contributed by atoms with Gasteiger partial charge in [0.25, 0.3) is 5.91 Å². The van der Waals surface area contributed by atoms with E-state index >= 15 is 0 Å². The van der Waals surface area contributed by atoms with E-state index in [2.05, 4.69) is 0 Å². The number of nitrogens with zero attached hydrogens (tertiary/aromatic N) is 1. The molecule has 0 unspecified atom stereocenters. The fourth-order valence-corrected chi connectivity index (χ4v) is 2.30. The minimum atomic E-state index is 0.0345. The highest BCUT2D eigenvalue weighted by Gasteiger charge is 2.16. The first kappa shape index (κ1) is 11.7. The fourth-order valence-electron chi connectivity index (χ4n) is 1.63. The molecule has 0 aliphatic carbocycles. The maximum Gasteiger partial charge on any atom is 0.268 e. The van der Waals surface area contributed by atoms with Gasteiger partial charge in [0.15, 0.2) is 0 Å². The van der Waals surface area contributed by atoms with Crippen molar-refractivity contribution in [2.75, 3.05) is 17.2 Å². The molecule has 1 amide bonds. The molecule has 0 fully saturated rings. The van der Waals surface area contributed by atoms with Crippen LogP contribution in [0, 0.1) is 0 Å². The number of carbonyl (C=O) groups is 1. The van der Waals surface area contributed by atoms with Gasteiger partial charge in [-0.05, 0) is 42.6 Å². The van der Waals surface area contributed by atoms with Gasteiger partial charge in [0.2, 0.25) is 0 Å². The zero-order chi connectivity index (χ0) is 12.3. The molecule has 0 saturated heterocycles. The summed E-state index contributed by atoms with van der Waals surface area (Å²) < 4.78 is 0. The van der Waals surface area contributed by atoms with E-state index < -0.39 is 0 Å². The molecule has 17 heavy (non-hydrogen) atoms. The fraction of sp³-hybridized carbons (Fsp3) is 0.154. The number of carbonyl (C=O) groups excluding carboxylic acids is 1. The van der Waals surface area contributed by atoms with Crippen LogP contribution in [0.1, 0.15) is 16.6 Å². The molecule has 1 aromatic carbocycles. The lowest BCUT2D eigenvalue weighted by molar-refractivity contribution is 0.0992. The molecule has 2 N–H and O–H groups in total. The van der Waals surface area contributed by atoms with Crippen molar-refractivity contribution in [1.29, 1.82) is 0 Å². The standard InChI is InChI=1S/C13H14N2OS/c1-2-15(11-7-5-10(14)6-8-11)13(16)12-4-3-9-17-12/h3-9H,2,14H2,1H3. The van der Waals surface area contributed by atoms with Crippen molar-refractivity contribution in [2.24, 2.45) is 0 Å². The highest BCUT2D eigenvalue weighted by Crippen LogP contribution is 2.20. The van der Waals surface area contributed by atoms with Crippen molar-refractivity contribution in [3.63, 3.8) is 0 Å². The quantitative estimate of drug-likeness (QED) is 0.846. The Hall–Kier alpha value is -1.81. The predicted octanol–water partition coefficient (Wildman–Crippen LogP) is 3.00. The molecule has 1 aromatic heterocycles. The monoisotopic (exact) mass is 246 g/mol. The topological polar surface area (TPSA) is 46.3 Å². The van der Waals surface area contributed by atoms with Crippen molar-refractivity contribution in [3.05, 3.63) is 46.7 Å². The Balaban J connectivity index is 2.28. The summed E-state index contributed by atoms with van der Waals surface area (Å²) in [4.78, 5) is 14.7. The number of hydrogen-bond acceptors (Lipinski definition) is 3. The maximum atomic E-state index is 12.2. The molecule has 0 bridgehead atoms. The number of hydrogen-bond donors (Lipinski definition) is 1. The number of amides is 1. The minimum Gasteiger partial charge on any atom is -0.399 e. The average molecular weight is 246 g/mol. The van der Waals surface area contributed by atoms with Crippen molar-refractivity contribution >= 4 is 28.6 Å². The molecule has 3 nitrogen and oxygen atoms in total. The Morgan fingerprint density at radius 2 is 2.00 bits per heavy atom. The predicted molar refractivity (Wildman–Crippen MR) is 72.5 cm³/mol. The lowest BCUT2D eigenvalue weighted by atomic mass is 10.2. The van der Waals surface area contributed by atoms with Crippen LogP contribution in [0.25, 0.3) is 0 Å². The Morgan fingerprint density at radius 3 is 2.53 bits per heavy atom. The largest absolute Gasteiger partial charge is 0.399 e. The second-order valence-corrected chi connectivity index (χ2v) is 4.57. The third-order valence-electron chi connectivity index (χ3n) is 2.50. The molecule has 4 heteroatoms. The van der Waals surface area contributed by atoms with E-state index in [0.717, 1.165) is 10.6 Å². The van der Waals surface area contributed by atoms with Crippen LogP contribution in [0.5, 0.6) is 0 Å². The normalized spacial score (nSPS) is 10.2. The number of anilines is 2. The SMILES string of the molecule is CCN(C(=O)c1cccs1)c1ccc(N)cc1. The van der Waals surface area contributed by atoms with E-state index in [9.17, 15) is 4.79 Å². The van der Waals surface area contributed by atoms with Gasteiger partial charge < -0.3 is 10.6 Å². The molecule has 88 valence electrons. The van der Waals surface area contributed by atoms with Gasteiger partial charge in [-0.2, -0.15) is 0 Å². The molecule has 2 aromatic rings. The van der Waals surface area contributed by atoms with Crippen LogP contribution in [0.4, 0.5) is 11.4 Å². The maximum absolute atomic E-state index is 12.2. The van der Waals surface area contributed by atoms with Crippen molar-refractivity contribution in [2.45, 2.75) is 6.92 Å². The van der Waals surface area contributed by atoms with E-state index in [0.29, 0.717) is 12.2 Å². The van der Waals surface area contributed by atoms with E-state index in [1.165, 1.54) is 11.3 Å². The summed E-state index contributed by atoms with van der Waals surface area (Å²) in [5.74, 6) is 0.0345. The third-order valence-corrected chi connectivity index (χ3v) is 3.36. The number of rotatable bonds is 3. The third kappa shape index (κ3) is 2.47. The van der Waals surface area contributed by atoms with Crippen LogP contribution in [0.2, 0.25) is 0 Å². The average Bonchev–Trinajstić information content (AvgIpc) is 2.86. The molecule has 2 rings (SSSR count). The first-order valence-electron chi connectivity index (χ1n) is 5.43. The van der Waals surface area contributed by atoms with E-state index in [4.69, 9.17) is 5.73 Å². The first-order chi connectivity index (χ1) is 8.22. The van der Waals surface area contributed by atoms with E-state index in [1.807, 2.05) is 36.6 Å². The Labute approximate surface area is 104 Å². The van der Waals surface area contributed by atoms with E-state index in [-0.39, 0.29) is 5.91 Å². The van der Waals surface area contributed by atoms with Crippen molar-refractivity contribution < 1.29 is 4.79 Å². The number of benzene rings is 1. The highest BCUT2D eigenvalue weighted by atomic mass is 32.1. The molecule has 0 saturated carbocycles. The Bertz CT molecular complexity index is 491. The zero-order valence-corrected chi connectivity index (χ0v) is 10.4. The van der Waals surface area contributed by atoms with E-state index in [1.54, 1.807) is 17.0 Å². The van der Waals surface area contributed by atoms with Crippen LogP contribution >= 0.6 is 11.3 Å². The van der Waals surface area contributed by atoms with Gasteiger partial charge >= 0.3 is 0 Å². The van der Waals surface area contributed by atoms with Crippen LogP contribution in [-0.4, -0.2) is 12.5 Å². The van der Waals surface area contributed by atoms with Crippen LogP contribution in [0.3, 0.4) is 0 Å². The number of nitrogen functional groups attached to an aromatic ring is 1. The van der Waals surface area contributed by atoms with Crippen LogP contribution in [0.15, 0.2) is 41.8 Å². The van der Waals surface area contributed by atoms with Gasteiger partial charge in [-0.1, -0.05) is 6.07 Å². The second-order valence-electron chi connectivity index (χ2n) is 3.62. The summed E-state index contributed by atoms with van der Waals surface area (Å²) in [5.41, 5.74) is 7.21. The lowest BCUT2D eigenvalue weighted by Crippen LogP contribution is -2.29. The van der Waals surface area contributed by atoms with Crippen molar-refractivity contribution in [1.82, 2.24) is 0 Å². The van der Waals surface area contributed by atoms with Crippen LogP contribution in [-0.2, 0) is 0 Å². The summed E-state index contributed by atoms with van der Waals surface area (Å²) in [7, 11) is 0. The summed E-state index contributed by atoms with van der Waals surface area (Å²) in [6.07, 6.45) is 0. The molecule has 0 radical (unpaired) electrons. The molecule has 0 spiro atoms. The lowest BCUT2D eigenvalue weighted by Gasteiger charge is -2.20. The van der Waals surface area contributed by atoms with Crippen LogP contribution < -0.4 is 10.6 Å². The second kappa shape index (κ2) is 5.01. The van der Waals surface area contributed by atoms with Crippen molar-refractivity contribution in [3.8, 4) is 0 Å². The highest BCUT2D eigenvalue weighted by molar-refractivity contribution is 7.12. The summed E-state index contributed by atoms with van der Waals surface area (Å²) in [6, 6.07) is 11.1. The molecule has 0 atom stereocenters. The Kier molecular flexibility index (Phi) is 3.44. The van der Waals surface area contributed by atoms with Gasteiger partial charge in [-0.3, -0.25) is 4.79 Å². The first-order valence-corrected chi connectivity index (χ1v) is 6.31. The van der Waals surface area contributed by atoms with Gasteiger partial charge in [-0.15, -0.1) is 11.3 Å². The van der Waals surface area contributed by atoms with Gasteiger partial charge in [0, 0.05) is 17.9 Å². The molecule has 0 aliphatic rings. The number of nitrogens with two attached hydrogens (primary N) is 1. The minimum absolute atomic E-state index is 0.0345. The smallest absolute Gasteiger partial charge is 0.268 e. The summed E-state index contributed by atoms with van der Waals surface area (Å²) in [6.45, 7) is 2.60. The number of thiophene rings is 1. The summed E-state index contributed by atoms with van der Waals surface area (Å²) >= 11 is 1.46. The van der Waals surface area contributed by atoms with Gasteiger partial charge in [0.05, 0.1) is 4.88 Å². The van der Waals surface area contributed by atoms with Gasteiger partial charge in [0.1, 0.15) is 0 Å². The molecule has 0 aliphatic heterocycles. The Morgan fingerprint density at radius 1 is 1.29 bits per heavy atom. The zero-order valence-electron chi connectivity index (χ0n) is 9.59. The molecular formula is C13H14N2OS. The summed E-state index contributed by atoms with van der Waals surface area (Å²) in [5, 5.41) is 1.91. The molecular weight excluding hydrogens is 232 g/mol.